The van der Waals surface area contributed by atoms with Crippen molar-refractivity contribution in [3.05, 3.63) is 42.5 Å². The number of benzene rings is 1. The van der Waals surface area contributed by atoms with Crippen molar-refractivity contribution in [2.24, 2.45) is 0 Å². The topological polar surface area (TPSA) is 52.6 Å². The molecule has 78 valence electrons. The standard InChI is InChI=1S/C11H10O4/c1-2-11(15-8-13)9-3-5-10(6-4-9)14-7-12/h2-8,11H,1H2. The fraction of sp³-hybridized carbons (Fsp3) is 0.0909. The summed E-state index contributed by atoms with van der Waals surface area (Å²) in [7, 11) is 0. The molecule has 0 amide bonds. The van der Waals surface area contributed by atoms with Crippen molar-refractivity contribution >= 4 is 12.9 Å². The van der Waals surface area contributed by atoms with E-state index in [-0.39, 0.29) is 0 Å². The molecule has 0 spiro atoms. The van der Waals surface area contributed by atoms with Crippen LogP contribution in [-0.4, -0.2) is 12.9 Å². The highest BCUT2D eigenvalue weighted by Gasteiger charge is 2.07. The van der Waals surface area contributed by atoms with Crippen LogP contribution in [0.1, 0.15) is 11.7 Å². The molecule has 1 aromatic rings. The van der Waals surface area contributed by atoms with E-state index in [0.29, 0.717) is 18.7 Å². The maximum absolute atomic E-state index is 10.2. The van der Waals surface area contributed by atoms with Crippen LogP contribution in [0.15, 0.2) is 36.9 Å². The summed E-state index contributed by atoms with van der Waals surface area (Å²) in [5.41, 5.74) is 0.760. The van der Waals surface area contributed by atoms with E-state index in [9.17, 15) is 9.59 Å². The summed E-state index contributed by atoms with van der Waals surface area (Å²) in [4.78, 5) is 20.2. The minimum atomic E-state index is -0.479. The Hall–Kier alpha value is -2.10. The lowest BCUT2D eigenvalue weighted by atomic mass is 10.1. The Kier molecular flexibility index (Phi) is 4.09. The highest BCUT2D eigenvalue weighted by atomic mass is 16.5. The summed E-state index contributed by atoms with van der Waals surface area (Å²) < 4.78 is 9.39. The maximum Gasteiger partial charge on any atom is 0.298 e. The van der Waals surface area contributed by atoms with Crippen LogP contribution in [0.4, 0.5) is 0 Å². The molecule has 4 heteroatoms. The van der Waals surface area contributed by atoms with Crippen molar-refractivity contribution in [1.29, 1.82) is 0 Å². The molecular weight excluding hydrogens is 196 g/mol. The fourth-order valence-electron chi connectivity index (χ4n) is 1.12. The molecule has 0 aliphatic heterocycles. The molecule has 15 heavy (non-hydrogen) atoms. The van der Waals surface area contributed by atoms with Gasteiger partial charge in [0.2, 0.25) is 0 Å². The van der Waals surface area contributed by atoms with E-state index in [2.05, 4.69) is 11.3 Å². The van der Waals surface area contributed by atoms with Crippen molar-refractivity contribution in [2.75, 3.05) is 0 Å². The van der Waals surface area contributed by atoms with Crippen molar-refractivity contribution in [1.82, 2.24) is 0 Å². The maximum atomic E-state index is 10.2. The number of ether oxygens (including phenoxy) is 2. The van der Waals surface area contributed by atoms with Gasteiger partial charge < -0.3 is 9.47 Å². The van der Waals surface area contributed by atoms with Gasteiger partial charge in [-0.15, -0.1) is 0 Å². The van der Waals surface area contributed by atoms with Crippen molar-refractivity contribution in [2.45, 2.75) is 6.10 Å². The first kappa shape index (κ1) is 11.0. The predicted octanol–water partition coefficient (Wildman–Crippen LogP) is 1.62. The van der Waals surface area contributed by atoms with Crippen molar-refractivity contribution in [3.63, 3.8) is 0 Å². The van der Waals surface area contributed by atoms with E-state index in [1.165, 1.54) is 6.08 Å². The molecule has 1 unspecified atom stereocenters. The summed E-state index contributed by atoms with van der Waals surface area (Å²) in [5, 5.41) is 0. The second-order valence-corrected chi connectivity index (χ2v) is 2.67. The normalized spacial score (nSPS) is 11.2. The van der Waals surface area contributed by atoms with Gasteiger partial charge in [0.1, 0.15) is 11.9 Å². The molecule has 0 bridgehead atoms. The minimum Gasteiger partial charge on any atom is -0.455 e. The van der Waals surface area contributed by atoms with Crippen LogP contribution in [0.2, 0.25) is 0 Å². The van der Waals surface area contributed by atoms with Gasteiger partial charge in [0.15, 0.2) is 0 Å². The van der Waals surface area contributed by atoms with Crippen LogP contribution >= 0.6 is 0 Å². The van der Waals surface area contributed by atoms with Crippen LogP contribution in [-0.2, 0) is 14.3 Å². The average Bonchev–Trinajstić information content (AvgIpc) is 2.28. The first-order valence-electron chi connectivity index (χ1n) is 4.23. The van der Waals surface area contributed by atoms with Crippen LogP contribution in [0.3, 0.4) is 0 Å². The number of carbonyl (C=O) groups excluding carboxylic acids is 2. The van der Waals surface area contributed by atoms with E-state index in [1.807, 2.05) is 0 Å². The molecule has 0 saturated heterocycles. The first-order chi connectivity index (χ1) is 7.31. The number of carbonyl (C=O) groups is 2. The van der Waals surface area contributed by atoms with Gasteiger partial charge in [0, 0.05) is 0 Å². The van der Waals surface area contributed by atoms with Crippen LogP contribution in [0, 0.1) is 0 Å². The second kappa shape index (κ2) is 5.59. The molecule has 0 radical (unpaired) electrons. The zero-order valence-electron chi connectivity index (χ0n) is 7.96. The summed E-state index contributed by atoms with van der Waals surface area (Å²) in [6, 6.07) is 6.59. The van der Waals surface area contributed by atoms with Gasteiger partial charge in [-0.05, 0) is 23.8 Å². The average molecular weight is 206 g/mol. The Balaban J connectivity index is 2.80. The molecule has 0 aliphatic carbocycles. The number of hydrogen-bond acceptors (Lipinski definition) is 4. The molecule has 0 aromatic heterocycles. The monoisotopic (exact) mass is 206 g/mol. The third kappa shape index (κ3) is 2.95. The lowest BCUT2D eigenvalue weighted by molar-refractivity contribution is -0.131. The molecule has 0 aliphatic rings. The van der Waals surface area contributed by atoms with Gasteiger partial charge in [-0.3, -0.25) is 9.59 Å². The smallest absolute Gasteiger partial charge is 0.298 e. The number of hydrogen-bond donors (Lipinski definition) is 0. The van der Waals surface area contributed by atoms with Crippen molar-refractivity contribution < 1.29 is 19.1 Å². The molecule has 1 aromatic carbocycles. The Morgan fingerprint density at radius 2 is 1.80 bits per heavy atom. The molecule has 0 saturated carbocycles. The summed E-state index contributed by atoms with van der Waals surface area (Å²) in [6.45, 7) is 4.26. The molecule has 1 atom stereocenters. The molecule has 4 nitrogen and oxygen atoms in total. The van der Waals surface area contributed by atoms with Crippen LogP contribution in [0.5, 0.6) is 5.75 Å². The third-order valence-corrected chi connectivity index (χ3v) is 1.81. The Morgan fingerprint density at radius 3 is 2.27 bits per heavy atom. The van der Waals surface area contributed by atoms with E-state index in [1.54, 1.807) is 24.3 Å². The lowest BCUT2D eigenvalue weighted by Crippen LogP contribution is -1.99. The molecule has 0 heterocycles. The van der Waals surface area contributed by atoms with Gasteiger partial charge in [0.25, 0.3) is 12.9 Å². The van der Waals surface area contributed by atoms with E-state index in [4.69, 9.17) is 4.74 Å². The van der Waals surface area contributed by atoms with Gasteiger partial charge in [-0.1, -0.05) is 18.7 Å². The number of rotatable bonds is 6. The minimum absolute atomic E-state index is 0.349. The Morgan fingerprint density at radius 1 is 1.13 bits per heavy atom. The molecule has 0 N–H and O–H groups in total. The zero-order chi connectivity index (χ0) is 11.1. The molecule has 0 fully saturated rings. The summed E-state index contributed by atoms with van der Waals surface area (Å²) >= 11 is 0. The van der Waals surface area contributed by atoms with Crippen LogP contribution in [0.25, 0.3) is 0 Å². The Bertz CT molecular complexity index is 342. The second-order valence-electron chi connectivity index (χ2n) is 2.67. The fourth-order valence-corrected chi connectivity index (χ4v) is 1.12. The third-order valence-electron chi connectivity index (χ3n) is 1.81. The van der Waals surface area contributed by atoms with E-state index in [0.717, 1.165) is 5.56 Å². The lowest BCUT2D eigenvalue weighted by Gasteiger charge is -2.10. The van der Waals surface area contributed by atoms with E-state index >= 15 is 0 Å². The zero-order valence-corrected chi connectivity index (χ0v) is 7.96. The highest BCUT2D eigenvalue weighted by molar-refractivity contribution is 5.46. The quantitative estimate of drug-likeness (QED) is 0.524. The first-order valence-corrected chi connectivity index (χ1v) is 4.23. The summed E-state index contributed by atoms with van der Waals surface area (Å²) in [5.74, 6) is 0.433. The van der Waals surface area contributed by atoms with Gasteiger partial charge in [-0.2, -0.15) is 0 Å². The van der Waals surface area contributed by atoms with Gasteiger partial charge in [-0.25, -0.2) is 0 Å². The molecule has 1 rings (SSSR count). The van der Waals surface area contributed by atoms with Gasteiger partial charge in [0.05, 0.1) is 0 Å². The van der Waals surface area contributed by atoms with Gasteiger partial charge >= 0.3 is 0 Å². The largest absolute Gasteiger partial charge is 0.455 e. The SMILES string of the molecule is C=CC(OC=O)c1ccc(OC=O)cc1. The Labute approximate surface area is 87.1 Å². The summed E-state index contributed by atoms with van der Waals surface area (Å²) in [6.07, 6.45) is 1.03. The van der Waals surface area contributed by atoms with E-state index < -0.39 is 6.10 Å². The van der Waals surface area contributed by atoms with Crippen LogP contribution < -0.4 is 4.74 Å². The molecular formula is C11H10O4. The van der Waals surface area contributed by atoms with Crippen molar-refractivity contribution in [3.8, 4) is 5.75 Å². The predicted molar refractivity (Wildman–Crippen MR) is 53.2 cm³/mol. The highest BCUT2D eigenvalue weighted by Crippen LogP contribution is 2.20.